The summed E-state index contributed by atoms with van der Waals surface area (Å²) in [5, 5.41) is 0. The van der Waals surface area contributed by atoms with Crippen LogP contribution >= 0.6 is 0 Å². The van der Waals surface area contributed by atoms with Crippen LogP contribution in [0.3, 0.4) is 0 Å². The minimum atomic E-state index is -0.0575. The first-order valence-electron chi connectivity index (χ1n) is 18.4. The summed E-state index contributed by atoms with van der Waals surface area (Å²) >= 11 is 0. The molecule has 0 aromatic rings. The molecule has 6 aliphatic rings. The molecule has 6 fully saturated rings. The van der Waals surface area contributed by atoms with Crippen LogP contribution in [0.5, 0.6) is 0 Å². The lowest BCUT2D eigenvalue weighted by Gasteiger charge is -2.62. The Morgan fingerprint density at radius 1 is 0.932 bits per heavy atom. The highest BCUT2D eigenvalue weighted by atomic mass is 16.6. The molecule has 248 valence electrons. The van der Waals surface area contributed by atoms with Gasteiger partial charge in [0.25, 0.3) is 0 Å². The van der Waals surface area contributed by atoms with Gasteiger partial charge < -0.3 is 18.7 Å². The smallest absolute Gasteiger partial charge is 0.306 e. The molecule has 0 aromatic carbocycles. The Kier molecular flexibility index (Phi) is 9.59. The molecule has 4 aliphatic carbocycles. The number of quaternary nitrogens is 1. The maximum atomic E-state index is 13.0. The molecule has 7 nitrogen and oxygen atoms in total. The van der Waals surface area contributed by atoms with Crippen LogP contribution in [0.2, 0.25) is 0 Å². The van der Waals surface area contributed by atoms with Gasteiger partial charge in [0, 0.05) is 43.8 Å². The lowest BCUT2D eigenvalue weighted by molar-refractivity contribution is -0.952. The van der Waals surface area contributed by atoms with Gasteiger partial charge in [-0.1, -0.05) is 34.3 Å². The summed E-state index contributed by atoms with van der Waals surface area (Å²) in [5.41, 5.74) is 0.260. The normalized spacial score (nSPS) is 43.6. The number of carbonyl (C=O) groups excluding carboxylic acids is 2. The van der Waals surface area contributed by atoms with E-state index in [-0.39, 0.29) is 41.0 Å². The van der Waals surface area contributed by atoms with Gasteiger partial charge in [-0.3, -0.25) is 14.5 Å². The van der Waals surface area contributed by atoms with E-state index in [0.29, 0.717) is 42.6 Å². The van der Waals surface area contributed by atoms with E-state index >= 15 is 0 Å². The van der Waals surface area contributed by atoms with Gasteiger partial charge >= 0.3 is 11.9 Å². The third kappa shape index (κ3) is 5.59. The monoisotopic (exact) mass is 613 g/mol. The summed E-state index contributed by atoms with van der Waals surface area (Å²) < 4.78 is 19.6. The molecule has 6 rings (SSSR count). The highest BCUT2D eigenvalue weighted by Gasteiger charge is 2.67. The van der Waals surface area contributed by atoms with Gasteiger partial charge in [0.2, 0.25) is 0 Å². The van der Waals surface area contributed by atoms with Gasteiger partial charge in [-0.15, -0.1) is 0 Å². The minimum absolute atomic E-state index is 0.00484. The third-order valence-electron chi connectivity index (χ3n) is 14.1. The van der Waals surface area contributed by atoms with Crippen LogP contribution in [0.4, 0.5) is 0 Å². The zero-order chi connectivity index (χ0) is 31.1. The summed E-state index contributed by atoms with van der Waals surface area (Å²) in [6, 6.07) is 0.639. The number of hydrogen-bond acceptors (Lipinski definition) is 6. The lowest BCUT2D eigenvalue weighted by atomic mass is 9.44. The van der Waals surface area contributed by atoms with Crippen molar-refractivity contribution < 1.29 is 28.3 Å². The number of ether oxygens (including phenoxy) is 3. The molecular formula is C37H61N2O5+. The molecule has 0 amide bonds. The lowest BCUT2D eigenvalue weighted by Crippen LogP contribution is -2.63. The Hall–Kier alpha value is -1.44. The van der Waals surface area contributed by atoms with Gasteiger partial charge in [0.05, 0.1) is 32.8 Å². The fourth-order valence-electron chi connectivity index (χ4n) is 11.9. The highest BCUT2D eigenvalue weighted by molar-refractivity contribution is 5.69. The summed E-state index contributed by atoms with van der Waals surface area (Å²) in [6.45, 7) is 19.9. The van der Waals surface area contributed by atoms with Crippen LogP contribution < -0.4 is 0 Å². The molecule has 0 radical (unpaired) electrons. The Morgan fingerprint density at radius 3 is 2.32 bits per heavy atom. The van der Waals surface area contributed by atoms with E-state index in [9.17, 15) is 9.59 Å². The maximum absolute atomic E-state index is 13.0. The van der Waals surface area contributed by atoms with Crippen molar-refractivity contribution in [1.29, 1.82) is 0 Å². The minimum Gasteiger partial charge on any atom is -0.461 e. The molecule has 7 heteroatoms. The van der Waals surface area contributed by atoms with Crippen molar-refractivity contribution in [3.8, 4) is 0 Å². The van der Waals surface area contributed by atoms with Crippen molar-refractivity contribution >= 4 is 11.9 Å². The van der Waals surface area contributed by atoms with Crippen LogP contribution in [-0.2, 0) is 23.8 Å². The Bertz CT molecular complexity index is 1050. The van der Waals surface area contributed by atoms with Crippen molar-refractivity contribution in [2.45, 2.75) is 129 Å². The predicted octanol–water partition coefficient (Wildman–Crippen LogP) is 6.15. The summed E-state index contributed by atoms with van der Waals surface area (Å²) in [5.74, 6) is 2.42. The first kappa shape index (κ1) is 32.5. The van der Waals surface area contributed by atoms with Crippen molar-refractivity contribution in [3.05, 3.63) is 12.7 Å². The Balaban J connectivity index is 1.30. The number of carbonyl (C=O) groups is 2. The molecule has 0 aromatic heterocycles. The van der Waals surface area contributed by atoms with Crippen LogP contribution in [0, 0.1) is 34.5 Å². The molecule has 44 heavy (non-hydrogen) atoms. The van der Waals surface area contributed by atoms with Gasteiger partial charge in [0.15, 0.2) is 6.10 Å². The molecule has 2 heterocycles. The average Bonchev–Trinajstić information content (AvgIpc) is 3.34. The zero-order valence-electron chi connectivity index (χ0n) is 28.3. The highest BCUT2D eigenvalue weighted by Crippen LogP contribution is 2.68. The number of likely N-dealkylation sites (tertiary alicyclic amines) is 1. The summed E-state index contributed by atoms with van der Waals surface area (Å²) in [4.78, 5) is 28.2. The van der Waals surface area contributed by atoms with E-state index < -0.39 is 0 Å². The fraction of sp³-hybridized carbons (Fsp3) is 0.892. The molecule has 0 spiro atoms. The second kappa shape index (κ2) is 13.0. The first-order chi connectivity index (χ1) is 21.2. The molecule has 2 saturated heterocycles. The quantitative estimate of drug-likeness (QED) is 0.186. The van der Waals surface area contributed by atoms with E-state index in [1.165, 1.54) is 58.0 Å². The second-order valence-corrected chi connectivity index (χ2v) is 16.0. The molecular weight excluding hydrogens is 552 g/mol. The van der Waals surface area contributed by atoms with Gasteiger partial charge in [0.1, 0.15) is 12.1 Å². The molecule has 10 atom stereocenters. The van der Waals surface area contributed by atoms with Gasteiger partial charge in [-0.2, -0.15) is 0 Å². The molecule has 2 aliphatic heterocycles. The number of nitrogens with zero attached hydrogens (tertiary/aromatic N) is 2. The van der Waals surface area contributed by atoms with E-state index in [0.717, 1.165) is 56.6 Å². The number of piperidine rings is 1. The van der Waals surface area contributed by atoms with Crippen LogP contribution in [0.15, 0.2) is 12.7 Å². The van der Waals surface area contributed by atoms with Crippen molar-refractivity contribution in [3.63, 3.8) is 0 Å². The molecule has 0 bridgehead atoms. The maximum Gasteiger partial charge on any atom is 0.306 e. The van der Waals surface area contributed by atoms with Crippen LogP contribution in [-0.4, -0.2) is 91.6 Å². The molecule has 0 N–H and O–H groups in total. The number of fused-ring (bicyclic) bond motifs is 5. The zero-order valence-corrected chi connectivity index (χ0v) is 28.3. The van der Waals surface area contributed by atoms with Crippen LogP contribution in [0.1, 0.15) is 105 Å². The number of hydrogen-bond donors (Lipinski definition) is 0. The van der Waals surface area contributed by atoms with Crippen molar-refractivity contribution in [2.75, 3.05) is 45.9 Å². The summed E-state index contributed by atoms with van der Waals surface area (Å²) in [6.07, 6.45) is 15.0. The standard InChI is InChI=1S/C37H61N2O5/c1-6-18-39(19-10-9-11-20-39)31-24-29-27-13-12-26-23-32(43-33(40)7-2)30(38-16-21-42-22-17-38)25-37(26,5)28(27)14-15-36(29,4)35(31)44-34(41)8-3/h6,26-32,35H,1,7-25H2,2-5H3/q+1/t26-,27?,28?,29?,30-,31-,32-,35-,36-,37-/m0/s1. The Labute approximate surface area is 267 Å². The Morgan fingerprint density at radius 2 is 1.64 bits per heavy atom. The van der Waals surface area contributed by atoms with Crippen molar-refractivity contribution in [2.24, 2.45) is 34.5 Å². The average molecular weight is 614 g/mol. The second-order valence-electron chi connectivity index (χ2n) is 16.0. The number of esters is 2. The topological polar surface area (TPSA) is 65.1 Å². The SMILES string of the molecule is C=CC[N+]1([C@H]2CC3C4CC[C@H]5C[C@H](OC(=O)CC)[C@@H](N6CCOCC6)C[C@]5(C)C4CC[C@]3(C)[C@H]2OC(=O)CC)CCCCC1. The van der Waals surface area contributed by atoms with E-state index in [4.69, 9.17) is 14.2 Å². The molecule has 4 saturated carbocycles. The van der Waals surface area contributed by atoms with Gasteiger partial charge in [-0.25, -0.2) is 0 Å². The fourth-order valence-corrected chi connectivity index (χ4v) is 11.9. The van der Waals surface area contributed by atoms with Gasteiger partial charge in [-0.05, 0) is 93.0 Å². The van der Waals surface area contributed by atoms with E-state index in [1.807, 2.05) is 13.8 Å². The number of morpholine rings is 1. The molecule has 3 unspecified atom stereocenters. The number of rotatable bonds is 8. The van der Waals surface area contributed by atoms with Crippen molar-refractivity contribution in [1.82, 2.24) is 4.90 Å². The largest absolute Gasteiger partial charge is 0.461 e. The van der Waals surface area contributed by atoms with E-state index in [1.54, 1.807) is 0 Å². The predicted molar refractivity (Wildman–Crippen MR) is 172 cm³/mol. The first-order valence-corrected chi connectivity index (χ1v) is 18.4. The van der Waals surface area contributed by atoms with E-state index in [2.05, 4.69) is 31.4 Å². The third-order valence-corrected chi connectivity index (χ3v) is 14.1. The summed E-state index contributed by atoms with van der Waals surface area (Å²) in [7, 11) is 0. The van der Waals surface area contributed by atoms with Crippen LogP contribution in [0.25, 0.3) is 0 Å².